The number of nitrogens with two attached hydrogens (primary N) is 1. The molecule has 2 atom stereocenters. The summed E-state index contributed by atoms with van der Waals surface area (Å²) in [5.41, 5.74) is 6.40. The maximum absolute atomic E-state index is 9.76. The van der Waals surface area contributed by atoms with Gasteiger partial charge in [0.25, 0.3) is 0 Å². The number of aromatic nitrogens is 1. The normalized spacial score (nSPS) is 15.9. The van der Waals surface area contributed by atoms with E-state index < -0.39 is 6.10 Å². The van der Waals surface area contributed by atoms with Crippen LogP contribution in [-0.2, 0) is 0 Å². The summed E-state index contributed by atoms with van der Waals surface area (Å²) in [6, 6.07) is 0. The molecule has 0 bridgehead atoms. The number of nitrogens with zero attached hydrogens (tertiary/aromatic N) is 1. The quantitative estimate of drug-likeness (QED) is 0.742. The highest BCUT2D eigenvalue weighted by atomic mass is 32.1. The number of hydrogen-bond acceptors (Lipinski definition) is 4. The van der Waals surface area contributed by atoms with E-state index in [2.05, 4.69) is 4.37 Å². The van der Waals surface area contributed by atoms with Crippen molar-refractivity contribution in [3.63, 3.8) is 0 Å². The lowest BCUT2D eigenvalue weighted by Gasteiger charge is -2.18. The Labute approximate surface area is 76.4 Å². The average Bonchev–Trinajstić information content (AvgIpc) is 2.58. The van der Waals surface area contributed by atoms with Crippen LogP contribution in [0.4, 0.5) is 0 Å². The largest absolute Gasteiger partial charge is 0.388 e. The summed E-state index contributed by atoms with van der Waals surface area (Å²) < 4.78 is 3.94. The fourth-order valence-electron chi connectivity index (χ4n) is 1.15. The molecule has 1 aromatic heterocycles. The van der Waals surface area contributed by atoms with Crippen molar-refractivity contribution in [3.05, 3.63) is 17.1 Å². The van der Waals surface area contributed by atoms with Crippen LogP contribution in [0.1, 0.15) is 25.0 Å². The molecular weight excluding hydrogens is 172 g/mol. The Hall–Kier alpha value is -0.450. The first-order chi connectivity index (χ1) is 5.79. The van der Waals surface area contributed by atoms with Crippen LogP contribution < -0.4 is 5.73 Å². The Morgan fingerprint density at radius 2 is 2.50 bits per heavy atom. The zero-order valence-electron chi connectivity index (χ0n) is 7.10. The van der Waals surface area contributed by atoms with E-state index in [1.807, 2.05) is 12.3 Å². The standard InChI is InChI=1S/C8H14N2OS/c1-2-6(3-9)8(11)7-4-10-12-5-7/h4-6,8,11H,2-3,9H2,1H3. The predicted octanol–water partition coefficient (Wildman–Crippen LogP) is 1.16. The van der Waals surface area contributed by atoms with Gasteiger partial charge in [-0.2, -0.15) is 0 Å². The van der Waals surface area contributed by atoms with Crippen LogP contribution in [-0.4, -0.2) is 16.0 Å². The monoisotopic (exact) mass is 186 g/mol. The second-order valence-electron chi connectivity index (χ2n) is 2.81. The van der Waals surface area contributed by atoms with E-state index in [4.69, 9.17) is 5.73 Å². The highest BCUT2D eigenvalue weighted by Gasteiger charge is 2.18. The van der Waals surface area contributed by atoms with Gasteiger partial charge in [-0.1, -0.05) is 6.92 Å². The SMILES string of the molecule is CCC(CN)C(O)c1cnsc1. The molecule has 0 amide bonds. The molecule has 1 heterocycles. The molecule has 12 heavy (non-hydrogen) atoms. The fourth-order valence-corrected chi connectivity index (χ4v) is 1.72. The molecule has 0 aliphatic heterocycles. The second kappa shape index (κ2) is 4.54. The van der Waals surface area contributed by atoms with Gasteiger partial charge in [-0.3, -0.25) is 0 Å². The molecule has 68 valence electrons. The maximum Gasteiger partial charge on any atom is 0.0853 e. The van der Waals surface area contributed by atoms with E-state index in [0.717, 1.165) is 12.0 Å². The Morgan fingerprint density at radius 3 is 2.92 bits per heavy atom. The lowest BCUT2D eigenvalue weighted by atomic mass is 9.96. The molecule has 0 aliphatic carbocycles. The van der Waals surface area contributed by atoms with Crippen LogP contribution in [0, 0.1) is 5.92 Å². The lowest BCUT2D eigenvalue weighted by Crippen LogP contribution is -2.20. The van der Waals surface area contributed by atoms with Gasteiger partial charge >= 0.3 is 0 Å². The first-order valence-electron chi connectivity index (χ1n) is 4.07. The maximum atomic E-state index is 9.76. The molecule has 0 radical (unpaired) electrons. The Kier molecular flexibility index (Phi) is 3.65. The van der Waals surface area contributed by atoms with Gasteiger partial charge in [-0.05, 0) is 24.5 Å². The van der Waals surface area contributed by atoms with Crippen molar-refractivity contribution in [2.45, 2.75) is 19.4 Å². The van der Waals surface area contributed by atoms with Gasteiger partial charge in [0, 0.05) is 23.1 Å². The van der Waals surface area contributed by atoms with E-state index in [-0.39, 0.29) is 5.92 Å². The zero-order valence-corrected chi connectivity index (χ0v) is 7.92. The summed E-state index contributed by atoms with van der Waals surface area (Å²) in [4.78, 5) is 0. The van der Waals surface area contributed by atoms with Gasteiger partial charge in [0.15, 0.2) is 0 Å². The van der Waals surface area contributed by atoms with Crippen LogP contribution in [0.5, 0.6) is 0 Å². The highest BCUT2D eigenvalue weighted by molar-refractivity contribution is 7.03. The molecule has 1 aromatic rings. The van der Waals surface area contributed by atoms with E-state index >= 15 is 0 Å². The molecule has 3 N–H and O–H groups in total. The number of hydrogen-bond donors (Lipinski definition) is 2. The fraction of sp³-hybridized carbons (Fsp3) is 0.625. The van der Waals surface area contributed by atoms with Crippen molar-refractivity contribution in [1.29, 1.82) is 0 Å². The third-order valence-corrected chi connectivity index (χ3v) is 2.67. The van der Waals surface area contributed by atoms with E-state index in [1.165, 1.54) is 11.5 Å². The molecule has 0 fully saturated rings. The van der Waals surface area contributed by atoms with Gasteiger partial charge in [-0.15, -0.1) is 0 Å². The molecule has 3 nitrogen and oxygen atoms in total. The summed E-state index contributed by atoms with van der Waals surface area (Å²) in [5, 5.41) is 11.6. The minimum absolute atomic E-state index is 0.154. The number of rotatable bonds is 4. The summed E-state index contributed by atoms with van der Waals surface area (Å²) in [7, 11) is 0. The minimum Gasteiger partial charge on any atom is -0.388 e. The van der Waals surface area contributed by atoms with Crippen molar-refractivity contribution in [3.8, 4) is 0 Å². The van der Waals surface area contributed by atoms with Crippen molar-refractivity contribution < 1.29 is 5.11 Å². The second-order valence-corrected chi connectivity index (χ2v) is 3.46. The van der Waals surface area contributed by atoms with Crippen LogP contribution in [0.2, 0.25) is 0 Å². The lowest BCUT2D eigenvalue weighted by molar-refractivity contribution is 0.110. The molecule has 4 heteroatoms. The smallest absolute Gasteiger partial charge is 0.0853 e. The van der Waals surface area contributed by atoms with Crippen LogP contribution in [0.15, 0.2) is 11.6 Å². The topological polar surface area (TPSA) is 59.1 Å². The van der Waals surface area contributed by atoms with Crippen molar-refractivity contribution in [2.75, 3.05) is 6.54 Å². The molecular formula is C8H14N2OS. The van der Waals surface area contributed by atoms with E-state index in [0.29, 0.717) is 6.54 Å². The van der Waals surface area contributed by atoms with E-state index in [9.17, 15) is 5.11 Å². The average molecular weight is 186 g/mol. The third kappa shape index (κ3) is 2.03. The van der Waals surface area contributed by atoms with Crippen molar-refractivity contribution in [2.24, 2.45) is 11.7 Å². The highest BCUT2D eigenvalue weighted by Crippen LogP contribution is 2.23. The van der Waals surface area contributed by atoms with E-state index in [1.54, 1.807) is 6.20 Å². The molecule has 0 spiro atoms. The minimum atomic E-state index is -0.446. The zero-order chi connectivity index (χ0) is 8.97. The van der Waals surface area contributed by atoms with Crippen molar-refractivity contribution in [1.82, 2.24) is 4.37 Å². The van der Waals surface area contributed by atoms with Gasteiger partial charge in [-0.25, -0.2) is 4.37 Å². The van der Waals surface area contributed by atoms with Crippen molar-refractivity contribution >= 4 is 11.5 Å². The first kappa shape index (κ1) is 9.64. The molecule has 1 rings (SSSR count). The third-order valence-electron chi connectivity index (χ3n) is 2.07. The number of aliphatic hydroxyl groups excluding tert-OH is 1. The van der Waals surface area contributed by atoms with Gasteiger partial charge < -0.3 is 10.8 Å². The Morgan fingerprint density at radius 1 is 1.75 bits per heavy atom. The molecule has 0 saturated carbocycles. The summed E-state index contributed by atoms with van der Waals surface area (Å²) in [5.74, 6) is 0.154. The van der Waals surface area contributed by atoms with Gasteiger partial charge in [0.05, 0.1) is 6.10 Å². The predicted molar refractivity (Wildman–Crippen MR) is 49.9 cm³/mol. The molecule has 2 unspecified atom stereocenters. The van der Waals surface area contributed by atoms with Crippen LogP contribution >= 0.6 is 11.5 Å². The van der Waals surface area contributed by atoms with Gasteiger partial charge in [0.2, 0.25) is 0 Å². The Balaban J connectivity index is 2.63. The van der Waals surface area contributed by atoms with Crippen LogP contribution in [0.25, 0.3) is 0 Å². The molecule has 0 aliphatic rings. The van der Waals surface area contributed by atoms with Crippen LogP contribution in [0.3, 0.4) is 0 Å². The number of aliphatic hydroxyl groups is 1. The first-order valence-corrected chi connectivity index (χ1v) is 4.90. The summed E-state index contributed by atoms with van der Waals surface area (Å²) in [6.45, 7) is 2.55. The molecule has 0 saturated heterocycles. The van der Waals surface area contributed by atoms with Gasteiger partial charge in [0.1, 0.15) is 0 Å². The Bertz CT molecular complexity index is 209. The molecule has 0 aromatic carbocycles. The summed E-state index contributed by atoms with van der Waals surface area (Å²) in [6.07, 6.45) is 2.15. The summed E-state index contributed by atoms with van der Waals surface area (Å²) >= 11 is 1.36.